The van der Waals surface area contributed by atoms with Crippen molar-refractivity contribution in [1.29, 1.82) is 0 Å². The molecule has 1 aliphatic heterocycles. The molecule has 0 aromatic heterocycles. The molecule has 0 spiro atoms. The van der Waals surface area contributed by atoms with Crippen LogP contribution in [0.4, 0.5) is 0 Å². The Morgan fingerprint density at radius 3 is 2.39 bits per heavy atom. The van der Waals surface area contributed by atoms with Crippen molar-refractivity contribution in [2.45, 2.75) is 26.8 Å². The van der Waals surface area contributed by atoms with Crippen LogP contribution in [0.3, 0.4) is 0 Å². The Kier molecular flexibility index (Phi) is 9.13. The van der Waals surface area contributed by atoms with Crippen LogP contribution in [0.25, 0.3) is 5.76 Å². The van der Waals surface area contributed by atoms with E-state index in [1.54, 1.807) is 49.4 Å². The van der Waals surface area contributed by atoms with Crippen molar-refractivity contribution in [1.82, 2.24) is 9.80 Å². The molecule has 1 saturated heterocycles. The molecule has 2 N–H and O–H groups in total. The SMILES string of the molecule is C=CCOc1ccc(C(O)=C2C(=O)C(=O)N(CCN(CC)CC)[C@@H]2c2ccc(O)c(OCC)c2)cc1. The van der Waals surface area contributed by atoms with Gasteiger partial charge in [0.15, 0.2) is 11.5 Å². The topological polar surface area (TPSA) is 99.5 Å². The van der Waals surface area contributed by atoms with E-state index >= 15 is 0 Å². The predicted molar refractivity (Wildman–Crippen MR) is 138 cm³/mol. The van der Waals surface area contributed by atoms with Gasteiger partial charge in [0.2, 0.25) is 0 Å². The molecule has 2 aromatic rings. The van der Waals surface area contributed by atoms with Gasteiger partial charge in [0.05, 0.1) is 18.2 Å². The van der Waals surface area contributed by atoms with Gasteiger partial charge in [0.25, 0.3) is 11.7 Å². The number of phenols is 1. The number of ether oxygens (including phenoxy) is 2. The van der Waals surface area contributed by atoms with E-state index in [2.05, 4.69) is 11.5 Å². The van der Waals surface area contributed by atoms with Gasteiger partial charge in [-0.05, 0) is 62.0 Å². The van der Waals surface area contributed by atoms with Crippen LogP contribution in [0.2, 0.25) is 0 Å². The first kappa shape index (κ1) is 26.8. The maximum absolute atomic E-state index is 13.2. The standard InChI is InChI=1S/C28H34N2O6/c1-5-17-36-21-12-9-19(10-13-21)26(32)24-25(20-11-14-22(31)23(18-20)35-8-4)30(28(34)27(24)33)16-15-29(6-2)7-3/h5,9-14,18,25,31-32H,1,6-8,15-17H2,2-4H3/t25-/m1/s1. The van der Waals surface area contributed by atoms with E-state index in [1.807, 2.05) is 13.8 Å². The number of Topliss-reactive ketones (excluding diaryl/α,β-unsaturated/α-hetero) is 1. The molecule has 0 aliphatic carbocycles. The zero-order valence-corrected chi connectivity index (χ0v) is 21.1. The molecule has 0 unspecified atom stereocenters. The van der Waals surface area contributed by atoms with Crippen LogP contribution < -0.4 is 9.47 Å². The maximum atomic E-state index is 13.2. The van der Waals surface area contributed by atoms with E-state index in [0.717, 1.165) is 13.1 Å². The lowest BCUT2D eigenvalue weighted by Crippen LogP contribution is -2.38. The second-order valence-corrected chi connectivity index (χ2v) is 8.30. The lowest BCUT2D eigenvalue weighted by atomic mass is 9.95. The summed E-state index contributed by atoms with van der Waals surface area (Å²) in [7, 11) is 0. The summed E-state index contributed by atoms with van der Waals surface area (Å²) in [4.78, 5) is 30.1. The summed E-state index contributed by atoms with van der Waals surface area (Å²) in [5, 5.41) is 21.5. The Hall–Kier alpha value is -3.78. The molecule has 1 aliphatic rings. The van der Waals surface area contributed by atoms with Gasteiger partial charge < -0.3 is 29.5 Å². The number of benzene rings is 2. The number of amides is 1. The highest BCUT2D eigenvalue weighted by Gasteiger charge is 2.46. The van der Waals surface area contributed by atoms with E-state index in [0.29, 0.717) is 43.2 Å². The Bertz CT molecular complexity index is 1120. The molecule has 0 radical (unpaired) electrons. The number of nitrogens with zero attached hydrogens (tertiary/aromatic N) is 2. The van der Waals surface area contributed by atoms with Gasteiger partial charge in [0.1, 0.15) is 18.1 Å². The van der Waals surface area contributed by atoms with Crippen LogP contribution in [-0.2, 0) is 9.59 Å². The van der Waals surface area contributed by atoms with Crippen molar-refractivity contribution in [3.63, 3.8) is 0 Å². The zero-order valence-electron chi connectivity index (χ0n) is 21.1. The largest absolute Gasteiger partial charge is 0.507 e. The first-order chi connectivity index (χ1) is 17.4. The number of likely N-dealkylation sites (tertiary alicyclic amines) is 1. The average molecular weight is 495 g/mol. The van der Waals surface area contributed by atoms with E-state index < -0.39 is 17.7 Å². The Morgan fingerprint density at radius 1 is 1.08 bits per heavy atom. The number of ketones is 1. The quantitative estimate of drug-likeness (QED) is 0.198. The van der Waals surface area contributed by atoms with Crippen LogP contribution >= 0.6 is 0 Å². The minimum Gasteiger partial charge on any atom is -0.507 e. The van der Waals surface area contributed by atoms with E-state index in [1.165, 1.54) is 11.0 Å². The lowest BCUT2D eigenvalue weighted by Gasteiger charge is -2.28. The van der Waals surface area contributed by atoms with Crippen molar-refractivity contribution in [2.75, 3.05) is 39.4 Å². The summed E-state index contributed by atoms with van der Waals surface area (Å²) in [5.41, 5.74) is 0.937. The third-order valence-electron chi connectivity index (χ3n) is 6.19. The first-order valence-corrected chi connectivity index (χ1v) is 12.2. The molecule has 1 fully saturated rings. The van der Waals surface area contributed by atoms with Gasteiger partial charge in [-0.1, -0.05) is 32.6 Å². The molecule has 2 aromatic carbocycles. The fraction of sp³-hybridized carbons (Fsp3) is 0.357. The fourth-order valence-electron chi connectivity index (χ4n) is 4.24. The molecule has 1 heterocycles. The second kappa shape index (κ2) is 12.3. The van der Waals surface area contributed by atoms with Crippen molar-refractivity contribution >= 4 is 17.4 Å². The summed E-state index contributed by atoms with van der Waals surface area (Å²) < 4.78 is 11.0. The predicted octanol–water partition coefficient (Wildman–Crippen LogP) is 4.12. The van der Waals surface area contributed by atoms with E-state index in [9.17, 15) is 19.8 Å². The van der Waals surface area contributed by atoms with Crippen molar-refractivity contribution in [3.05, 3.63) is 71.8 Å². The molecule has 0 saturated carbocycles. The van der Waals surface area contributed by atoms with Gasteiger partial charge in [-0.15, -0.1) is 0 Å². The molecular formula is C28H34N2O6. The molecule has 192 valence electrons. The van der Waals surface area contributed by atoms with Crippen molar-refractivity contribution < 1.29 is 29.3 Å². The van der Waals surface area contributed by atoms with Crippen LogP contribution in [0.1, 0.15) is 37.9 Å². The smallest absolute Gasteiger partial charge is 0.295 e. The van der Waals surface area contributed by atoms with Gasteiger partial charge in [0, 0.05) is 18.7 Å². The molecule has 0 bridgehead atoms. The fourth-order valence-corrected chi connectivity index (χ4v) is 4.24. The van der Waals surface area contributed by atoms with Crippen molar-refractivity contribution in [3.8, 4) is 17.2 Å². The normalized spacial score (nSPS) is 17.0. The minimum absolute atomic E-state index is 0.00700. The third kappa shape index (κ3) is 5.71. The number of aliphatic hydroxyl groups is 1. The lowest BCUT2D eigenvalue weighted by molar-refractivity contribution is -0.140. The second-order valence-electron chi connectivity index (χ2n) is 8.30. The summed E-state index contributed by atoms with van der Waals surface area (Å²) in [6, 6.07) is 10.5. The number of phenolic OH excluding ortho intramolecular Hbond substituents is 1. The molecule has 8 heteroatoms. The van der Waals surface area contributed by atoms with Gasteiger partial charge in [-0.2, -0.15) is 0 Å². The Labute approximate surface area is 212 Å². The minimum atomic E-state index is -0.836. The van der Waals surface area contributed by atoms with E-state index in [4.69, 9.17) is 9.47 Å². The van der Waals surface area contributed by atoms with Crippen LogP contribution in [0, 0.1) is 0 Å². The van der Waals surface area contributed by atoms with Crippen LogP contribution in [0.5, 0.6) is 17.2 Å². The number of carbonyl (C=O) groups excluding carboxylic acids is 2. The van der Waals surface area contributed by atoms with Gasteiger partial charge in [-0.3, -0.25) is 9.59 Å². The highest BCUT2D eigenvalue weighted by molar-refractivity contribution is 6.46. The highest BCUT2D eigenvalue weighted by atomic mass is 16.5. The average Bonchev–Trinajstić information content (AvgIpc) is 3.14. The third-order valence-corrected chi connectivity index (χ3v) is 6.19. The number of aliphatic hydroxyl groups excluding tert-OH is 1. The summed E-state index contributed by atoms with van der Waals surface area (Å²) in [6.07, 6.45) is 1.63. The molecule has 1 amide bonds. The molecule has 8 nitrogen and oxygen atoms in total. The Balaban J connectivity index is 2.09. The summed E-state index contributed by atoms with van der Waals surface area (Å²) in [6.45, 7) is 12.6. The summed E-state index contributed by atoms with van der Waals surface area (Å²) in [5.74, 6) is -0.919. The van der Waals surface area contributed by atoms with E-state index in [-0.39, 0.29) is 22.8 Å². The number of carbonyl (C=O) groups is 2. The zero-order chi connectivity index (χ0) is 26.2. The molecular weight excluding hydrogens is 460 g/mol. The van der Waals surface area contributed by atoms with Crippen molar-refractivity contribution in [2.24, 2.45) is 0 Å². The highest BCUT2D eigenvalue weighted by Crippen LogP contribution is 2.41. The molecule has 36 heavy (non-hydrogen) atoms. The maximum Gasteiger partial charge on any atom is 0.295 e. The summed E-state index contributed by atoms with van der Waals surface area (Å²) >= 11 is 0. The molecule has 1 atom stereocenters. The van der Waals surface area contributed by atoms with Crippen LogP contribution in [-0.4, -0.2) is 71.1 Å². The number of rotatable bonds is 12. The number of hydrogen-bond acceptors (Lipinski definition) is 7. The number of aromatic hydroxyl groups is 1. The number of hydrogen-bond donors (Lipinski definition) is 2. The van der Waals surface area contributed by atoms with Gasteiger partial charge in [-0.25, -0.2) is 0 Å². The van der Waals surface area contributed by atoms with Crippen LogP contribution in [0.15, 0.2) is 60.7 Å². The number of likely N-dealkylation sites (N-methyl/N-ethyl adjacent to an activating group) is 1. The van der Waals surface area contributed by atoms with Gasteiger partial charge >= 0.3 is 0 Å². The Morgan fingerprint density at radius 2 is 1.78 bits per heavy atom. The monoisotopic (exact) mass is 494 g/mol. The first-order valence-electron chi connectivity index (χ1n) is 12.2. The molecule has 3 rings (SSSR count).